The minimum atomic E-state index is -0.749. The summed E-state index contributed by atoms with van der Waals surface area (Å²) < 4.78 is 43.5. The molecule has 57 heavy (non-hydrogen) atoms. The van der Waals surface area contributed by atoms with Crippen molar-refractivity contribution in [3.8, 4) is 17.2 Å². The molecule has 1 N–H and O–H groups in total. The highest BCUT2D eigenvalue weighted by Crippen LogP contribution is 2.55. The van der Waals surface area contributed by atoms with E-state index in [0.717, 1.165) is 12.8 Å². The van der Waals surface area contributed by atoms with Crippen LogP contribution in [0.1, 0.15) is 83.1 Å². The molecule has 0 spiro atoms. The number of rotatable bonds is 7. The Morgan fingerprint density at radius 1 is 1.02 bits per heavy atom. The third kappa shape index (κ3) is 4.83. The number of carbonyl (C=O) groups excluding carboxylic acids is 1. The molecule has 15 nitrogen and oxygen atoms in total. The predicted octanol–water partition coefficient (Wildman–Crippen LogP) is 5.02. The SMILES string of the molecule is C[C@H]1c2c(nn(-c3ccc(F)c(C4CC4)c3)c2-n2ccn(-c3ccc4c(cnn4C)c3F)c2=O)CCN1C(=O)c1cn2ncccc2c1C1(c2noc(=O)[nH]2)CC1. The topological polar surface area (TPSA) is 159 Å². The maximum absolute atomic E-state index is 16.0. The lowest BCUT2D eigenvalue weighted by Gasteiger charge is -2.34. The first-order valence-electron chi connectivity index (χ1n) is 18.8. The number of fused-ring (bicyclic) bond motifs is 3. The lowest BCUT2D eigenvalue weighted by molar-refractivity contribution is 0.0675. The summed E-state index contributed by atoms with van der Waals surface area (Å²) in [6.45, 7) is 2.19. The van der Waals surface area contributed by atoms with Gasteiger partial charge in [-0.05, 0) is 86.6 Å². The monoisotopic (exact) mass is 769 g/mol. The van der Waals surface area contributed by atoms with Gasteiger partial charge in [0, 0.05) is 55.9 Å². The summed E-state index contributed by atoms with van der Waals surface area (Å²) in [4.78, 5) is 46.0. The zero-order valence-electron chi connectivity index (χ0n) is 30.7. The molecular formula is C40H33F2N11O4. The Balaban J connectivity index is 1.06. The van der Waals surface area contributed by atoms with Crippen LogP contribution in [-0.4, -0.2) is 65.8 Å². The van der Waals surface area contributed by atoms with E-state index in [2.05, 4.69) is 20.3 Å². The number of carbonyl (C=O) groups is 1. The second kappa shape index (κ2) is 11.8. The number of aromatic amines is 1. The van der Waals surface area contributed by atoms with E-state index in [1.807, 2.05) is 13.0 Å². The van der Waals surface area contributed by atoms with Crippen molar-refractivity contribution >= 4 is 22.3 Å². The Kier molecular flexibility index (Phi) is 6.92. The fraction of sp³-hybridized carbons (Fsp3) is 0.275. The molecule has 6 aromatic heterocycles. The number of hydrogen-bond donors (Lipinski definition) is 1. The number of aromatic nitrogens is 10. The third-order valence-electron chi connectivity index (χ3n) is 12.0. The van der Waals surface area contributed by atoms with Crippen molar-refractivity contribution in [2.24, 2.45) is 7.05 Å². The van der Waals surface area contributed by atoms with Gasteiger partial charge in [-0.1, -0.05) is 5.16 Å². The number of nitrogens with one attached hydrogen (secondary N) is 1. The minimum absolute atomic E-state index is 0.0474. The van der Waals surface area contributed by atoms with E-state index in [4.69, 9.17) is 9.62 Å². The summed E-state index contributed by atoms with van der Waals surface area (Å²) in [5, 5.41) is 18.0. The van der Waals surface area contributed by atoms with Crippen LogP contribution in [0.2, 0.25) is 0 Å². The number of benzene rings is 2. The van der Waals surface area contributed by atoms with Crippen molar-refractivity contribution in [1.29, 1.82) is 0 Å². The van der Waals surface area contributed by atoms with Crippen molar-refractivity contribution in [2.45, 2.75) is 56.4 Å². The number of H-pyrrole nitrogens is 1. The molecule has 3 aliphatic rings. The first kappa shape index (κ1) is 33.4. The van der Waals surface area contributed by atoms with Gasteiger partial charge in [0.1, 0.15) is 11.6 Å². The maximum Gasteiger partial charge on any atom is 0.438 e. The zero-order valence-corrected chi connectivity index (χ0v) is 30.7. The highest BCUT2D eigenvalue weighted by molar-refractivity contribution is 5.99. The van der Waals surface area contributed by atoms with Crippen LogP contribution in [0.15, 0.2) is 87.6 Å². The van der Waals surface area contributed by atoms with Gasteiger partial charge < -0.3 is 4.90 Å². The van der Waals surface area contributed by atoms with Crippen LogP contribution in [0.5, 0.6) is 0 Å². The van der Waals surface area contributed by atoms with Gasteiger partial charge in [-0.2, -0.15) is 15.3 Å². The van der Waals surface area contributed by atoms with E-state index in [1.54, 1.807) is 74.7 Å². The average Bonchev–Trinajstić information content (AvgIpc) is 3.95. The molecule has 2 aliphatic carbocycles. The van der Waals surface area contributed by atoms with Gasteiger partial charge in [0.15, 0.2) is 11.6 Å². The minimum Gasteiger partial charge on any atom is -0.331 e. The van der Waals surface area contributed by atoms with Gasteiger partial charge in [0.2, 0.25) is 0 Å². The van der Waals surface area contributed by atoms with E-state index < -0.39 is 28.7 Å². The number of halogens is 2. The largest absolute Gasteiger partial charge is 0.438 e. The lowest BCUT2D eigenvalue weighted by atomic mass is 9.90. The summed E-state index contributed by atoms with van der Waals surface area (Å²) >= 11 is 0. The first-order valence-corrected chi connectivity index (χ1v) is 18.8. The molecule has 2 saturated carbocycles. The fourth-order valence-electron chi connectivity index (χ4n) is 8.80. The zero-order chi connectivity index (χ0) is 38.9. The van der Waals surface area contributed by atoms with Crippen molar-refractivity contribution in [3.05, 3.63) is 140 Å². The molecule has 2 fully saturated rings. The third-order valence-corrected chi connectivity index (χ3v) is 12.0. The molecule has 0 bridgehead atoms. The van der Waals surface area contributed by atoms with Crippen LogP contribution in [0.4, 0.5) is 8.78 Å². The number of aryl methyl sites for hydroxylation is 1. The Labute approximate surface area is 320 Å². The Morgan fingerprint density at radius 3 is 2.61 bits per heavy atom. The number of nitrogens with zero attached hydrogens (tertiary/aromatic N) is 10. The van der Waals surface area contributed by atoms with Gasteiger partial charge in [-0.3, -0.25) is 28.1 Å². The second-order valence-corrected chi connectivity index (χ2v) is 15.2. The van der Waals surface area contributed by atoms with E-state index in [1.165, 1.54) is 27.6 Å². The van der Waals surface area contributed by atoms with E-state index >= 15 is 8.78 Å². The molecule has 17 heteroatoms. The van der Waals surface area contributed by atoms with Crippen LogP contribution in [0.3, 0.4) is 0 Å². The van der Waals surface area contributed by atoms with Crippen molar-refractivity contribution < 1.29 is 18.1 Å². The molecule has 8 aromatic rings. The quantitative estimate of drug-likeness (QED) is 0.237. The summed E-state index contributed by atoms with van der Waals surface area (Å²) in [7, 11) is 1.72. The highest BCUT2D eigenvalue weighted by Gasteiger charge is 2.53. The standard InChI is InChI=1S/C40H33F2N11O4/c1-21-32-28(11-15-49(21)36(54)26-20-52-30(4-3-14-43-52)33(26)40(12-13-40)37-45-38(55)57-47-37)46-53(23-7-8-27(41)24(18-23)22-5-6-22)35(32)51-17-16-50(39(51)56)31-10-9-29-25(34(31)42)19-44-48(29)2/h3-4,7-10,14,16-22H,5-6,11-13,15H2,1-2H3,(H,45,47,55)/t21-/m0/s1. The van der Waals surface area contributed by atoms with Crippen molar-refractivity contribution in [2.75, 3.05) is 6.54 Å². The Bertz CT molecular complexity index is 3100. The highest BCUT2D eigenvalue weighted by atomic mass is 19.1. The van der Waals surface area contributed by atoms with Crippen LogP contribution in [-0.2, 0) is 18.9 Å². The van der Waals surface area contributed by atoms with Crippen molar-refractivity contribution in [1.82, 2.24) is 53.3 Å². The molecular weight excluding hydrogens is 737 g/mol. The van der Waals surface area contributed by atoms with Crippen LogP contribution in [0.25, 0.3) is 33.6 Å². The normalized spacial score (nSPS) is 17.5. The van der Waals surface area contributed by atoms with Gasteiger partial charge in [-0.25, -0.2) is 27.6 Å². The molecule has 2 aromatic carbocycles. The molecule has 0 saturated heterocycles. The molecule has 11 rings (SSSR count). The van der Waals surface area contributed by atoms with Gasteiger partial charge in [0.05, 0.1) is 56.7 Å². The van der Waals surface area contributed by atoms with Gasteiger partial charge in [-0.15, -0.1) is 0 Å². The summed E-state index contributed by atoms with van der Waals surface area (Å²) in [6, 6.07) is 11.1. The second-order valence-electron chi connectivity index (χ2n) is 15.2. The molecule has 1 amide bonds. The van der Waals surface area contributed by atoms with Gasteiger partial charge >= 0.3 is 11.4 Å². The summed E-state index contributed by atoms with van der Waals surface area (Å²) in [6.07, 6.45) is 11.2. The van der Waals surface area contributed by atoms with Gasteiger partial charge in [0.25, 0.3) is 5.91 Å². The number of hydrogen-bond acceptors (Lipinski definition) is 8. The van der Waals surface area contributed by atoms with Crippen LogP contribution in [0, 0.1) is 11.6 Å². The predicted molar refractivity (Wildman–Crippen MR) is 200 cm³/mol. The number of imidazole rings is 1. The lowest BCUT2D eigenvalue weighted by Crippen LogP contribution is -2.40. The van der Waals surface area contributed by atoms with Crippen LogP contribution >= 0.6 is 0 Å². The molecule has 1 atom stereocenters. The molecule has 286 valence electrons. The summed E-state index contributed by atoms with van der Waals surface area (Å²) in [5.41, 5.74) is 3.54. The van der Waals surface area contributed by atoms with Crippen LogP contribution < -0.4 is 11.4 Å². The summed E-state index contributed by atoms with van der Waals surface area (Å²) in [5.74, 6) is -1.04. The Morgan fingerprint density at radius 2 is 1.84 bits per heavy atom. The molecule has 0 radical (unpaired) electrons. The van der Waals surface area contributed by atoms with E-state index in [9.17, 15) is 14.4 Å². The maximum atomic E-state index is 16.0. The van der Waals surface area contributed by atoms with E-state index in [0.29, 0.717) is 82.1 Å². The fourth-order valence-corrected chi connectivity index (χ4v) is 8.80. The first-order chi connectivity index (χ1) is 27.6. The molecule has 7 heterocycles. The molecule has 0 unspecified atom stereocenters. The smallest absolute Gasteiger partial charge is 0.331 e. The van der Waals surface area contributed by atoms with E-state index in [-0.39, 0.29) is 28.7 Å². The number of amides is 1. The average molecular weight is 770 g/mol. The molecule has 1 aliphatic heterocycles. The van der Waals surface area contributed by atoms with Crippen molar-refractivity contribution in [3.63, 3.8) is 0 Å². The Hall–Kier alpha value is -6.91.